The molecular formula is C15H17ClN2O2. The monoisotopic (exact) mass is 292 g/mol. The average Bonchev–Trinajstić information content (AvgIpc) is 2.41. The minimum atomic E-state index is -0.900. The number of nitrogens with zero attached hydrogens (tertiary/aromatic N) is 1. The summed E-state index contributed by atoms with van der Waals surface area (Å²) in [5, 5.41) is 2.77. The first-order valence-corrected chi connectivity index (χ1v) is 6.84. The molecule has 20 heavy (non-hydrogen) atoms. The van der Waals surface area contributed by atoms with Gasteiger partial charge < -0.3 is 10.2 Å². The van der Waals surface area contributed by atoms with Gasteiger partial charge in [0.05, 0.1) is 0 Å². The lowest BCUT2D eigenvalue weighted by molar-refractivity contribution is -0.153. The quantitative estimate of drug-likeness (QED) is 0.929. The van der Waals surface area contributed by atoms with E-state index in [1.54, 1.807) is 24.8 Å². The normalized spacial score (nSPS) is 22.1. The molecule has 4 nitrogen and oxygen atoms in total. The van der Waals surface area contributed by atoms with Crippen LogP contribution in [0.2, 0.25) is 0 Å². The van der Waals surface area contributed by atoms with Crippen LogP contribution in [0.5, 0.6) is 0 Å². The van der Waals surface area contributed by atoms with Crippen LogP contribution in [0.4, 0.5) is 0 Å². The number of nitrogens with one attached hydrogen (secondary N) is 1. The summed E-state index contributed by atoms with van der Waals surface area (Å²) in [5.74, 6) is -0.301. The minimum absolute atomic E-state index is 0.124. The standard InChI is InChI=1S/C15H17ClN2O2/c1-15(2)14(20)18(10-6-9-16)12(13(19)17-15)11-7-4-3-5-8-11/h3-9,12H,10H2,1-2H3,(H,17,19)/b9-6+. The van der Waals surface area contributed by atoms with Crippen molar-refractivity contribution in [1.82, 2.24) is 10.2 Å². The lowest BCUT2D eigenvalue weighted by Gasteiger charge is -2.42. The molecule has 0 bridgehead atoms. The summed E-state index contributed by atoms with van der Waals surface area (Å²) in [4.78, 5) is 26.4. The van der Waals surface area contributed by atoms with Gasteiger partial charge in [-0.05, 0) is 19.4 Å². The zero-order chi connectivity index (χ0) is 14.8. The van der Waals surface area contributed by atoms with Crippen LogP contribution in [0, 0.1) is 0 Å². The maximum absolute atomic E-state index is 12.5. The summed E-state index contributed by atoms with van der Waals surface area (Å²) in [6.07, 6.45) is 1.66. The maximum atomic E-state index is 12.5. The molecule has 1 unspecified atom stereocenters. The van der Waals surface area contributed by atoms with E-state index < -0.39 is 11.6 Å². The van der Waals surface area contributed by atoms with E-state index in [9.17, 15) is 9.59 Å². The second-order valence-corrected chi connectivity index (χ2v) is 5.50. The van der Waals surface area contributed by atoms with Crippen LogP contribution in [-0.4, -0.2) is 28.8 Å². The van der Waals surface area contributed by atoms with E-state index in [-0.39, 0.29) is 11.8 Å². The molecule has 106 valence electrons. The van der Waals surface area contributed by atoms with Crippen LogP contribution in [-0.2, 0) is 9.59 Å². The number of rotatable bonds is 3. The molecular weight excluding hydrogens is 276 g/mol. The molecule has 0 spiro atoms. The van der Waals surface area contributed by atoms with E-state index in [1.165, 1.54) is 5.54 Å². The first-order valence-electron chi connectivity index (χ1n) is 6.40. The molecule has 0 aliphatic carbocycles. The first-order chi connectivity index (χ1) is 9.47. The van der Waals surface area contributed by atoms with Gasteiger partial charge in [0.1, 0.15) is 11.6 Å². The number of carbonyl (C=O) groups is 2. The Labute approximate surface area is 123 Å². The first kappa shape index (κ1) is 14.6. The van der Waals surface area contributed by atoms with E-state index >= 15 is 0 Å². The van der Waals surface area contributed by atoms with Crippen molar-refractivity contribution in [2.75, 3.05) is 6.54 Å². The Morgan fingerprint density at radius 2 is 1.95 bits per heavy atom. The Hall–Kier alpha value is -1.81. The molecule has 0 aromatic heterocycles. The van der Waals surface area contributed by atoms with Crippen molar-refractivity contribution >= 4 is 23.4 Å². The molecule has 5 heteroatoms. The highest BCUT2D eigenvalue weighted by Crippen LogP contribution is 2.28. The topological polar surface area (TPSA) is 49.4 Å². The molecule has 1 aromatic rings. The van der Waals surface area contributed by atoms with Crippen LogP contribution in [0.3, 0.4) is 0 Å². The summed E-state index contributed by atoms with van der Waals surface area (Å²) in [6, 6.07) is 8.63. The number of piperazine rings is 1. The van der Waals surface area contributed by atoms with Crippen molar-refractivity contribution in [2.45, 2.75) is 25.4 Å². The van der Waals surface area contributed by atoms with Crippen LogP contribution in [0.15, 0.2) is 41.9 Å². The van der Waals surface area contributed by atoms with Gasteiger partial charge in [0, 0.05) is 12.1 Å². The molecule has 1 atom stereocenters. The van der Waals surface area contributed by atoms with Crippen LogP contribution >= 0.6 is 11.6 Å². The van der Waals surface area contributed by atoms with E-state index in [2.05, 4.69) is 5.32 Å². The van der Waals surface area contributed by atoms with Crippen LogP contribution in [0.25, 0.3) is 0 Å². The summed E-state index contributed by atoms with van der Waals surface area (Å²) >= 11 is 5.55. The average molecular weight is 293 g/mol. The Morgan fingerprint density at radius 3 is 2.55 bits per heavy atom. The van der Waals surface area contributed by atoms with Gasteiger partial charge >= 0.3 is 0 Å². The zero-order valence-corrected chi connectivity index (χ0v) is 12.2. The van der Waals surface area contributed by atoms with E-state index in [4.69, 9.17) is 11.6 Å². The SMILES string of the molecule is CC1(C)NC(=O)C(c2ccccc2)N(C/C=C/Cl)C1=O. The van der Waals surface area contributed by atoms with E-state index in [1.807, 2.05) is 30.3 Å². The van der Waals surface area contributed by atoms with E-state index in [0.29, 0.717) is 6.54 Å². The third-order valence-electron chi connectivity index (χ3n) is 3.30. The van der Waals surface area contributed by atoms with Crippen molar-refractivity contribution in [3.63, 3.8) is 0 Å². The predicted molar refractivity (Wildman–Crippen MR) is 78.1 cm³/mol. The van der Waals surface area contributed by atoms with Gasteiger partial charge in [0.15, 0.2) is 0 Å². The molecule has 0 saturated carbocycles. The van der Waals surface area contributed by atoms with E-state index in [0.717, 1.165) is 5.56 Å². The van der Waals surface area contributed by atoms with Gasteiger partial charge in [0.2, 0.25) is 11.8 Å². The highest BCUT2D eigenvalue weighted by atomic mass is 35.5. The van der Waals surface area contributed by atoms with Crippen molar-refractivity contribution < 1.29 is 9.59 Å². The fourth-order valence-corrected chi connectivity index (χ4v) is 2.44. The summed E-state index contributed by atoms with van der Waals surface area (Å²) in [6.45, 7) is 3.70. The molecule has 1 aliphatic heterocycles. The van der Waals surface area contributed by atoms with Gasteiger partial charge in [-0.25, -0.2) is 0 Å². The Morgan fingerprint density at radius 1 is 1.30 bits per heavy atom. The number of hydrogen-bond donors (Lipinski definition) is 1. The number of halogens is 1. The molecule has 2 rings (SSSR count). The van der Waals surface area contributed by atoms with Gasteiger partial charge in [-0.15, -0.1) is 0 Å². The third kappa shape index (κ3) is 2.70. The van der Waals surface area contributed by atoms with Gasteiger partial charge in [-0.1, -0.05) is 48.0 Å². The number of amides is 2. The molecule has 1 aliphatic rings. The molecule has 2 amide bonds. The second-order valence-electron chi connectivity index (χ2n) is 5.25. The highest BCUT2D eigenvalue weighted by Gasteiger charge is 2.45. The van der Waals surface area contributed by atoms with Crippen molar-refractivity contribution in [1.29, 1.82) is 0 Å². The van der Waals surface area contributed by atoms with Crippen molar-refractivity contribution in [2.24, 2.45) is 0 Å². The Kier molecular flexibility index (Phi) is 4.14. The lowest BCUT2D eigenvalue weighted by atomic mass is 9.93. The highest BCUT2D eigenvalue weighted by molar-refractivity contribution is 6.25. The van der Waals surface area contributed by atoms with Crippen molar-refractivity contribution in [3.05, 3.63) is 47.5 Å². The Bertz CT molecular complexity index is 540. The molecule has 0 radical (unpaired) electrons. The minimum Gasteiger partial charge on any atom is -0.340 e. The third-order valence-corrected chi connectivity index (χ3v) is 3.48. The largest absolute Gasteiger partial charge is 0.340 e. The fraction of sp³-hybridized carbons (Fsp3) is 0.333. The van der Waals surface area contributed by atoms with Crippen LogP contribution < -0.4 is 5.32 Å². The zero-order valence-electron chi connectivity index (χ0n) is 11.5. The predicted octanol–water partition coefficient (Wildman–Crippen LogP) is 2.22. The maximum Gasteiger partial charge on any atom is 0.248 e. The number of hydrogen-bond acceptors (Lipinski definition) is 2. The van der Waals surface area contributed by atoms with Crippen LogP contribution in [0.1, 0.15) is 25.5 Å². The summed E-state index contributed by atoms with van der Waals surface area (Å²) in [5.41, 5.74) is 1.24. The number of carbonyl (C=O) groups excluding carboxylic acids is 2. The molecule has 1 saturated heterocycles. The summed E-state index contributed by atoms with van der Waals surface area (Å²) < 4.78 is 0. The summed E-state index contributed by atoms with van der Waals surface area (Å²) in [7, 11) is 0. The lowest BCUT2D eigenvalue weighted by Crippen LogP contribution is -2.64. The number of benzene rings is 1. The molecule has 1 fully saturated rings. The van der Waals surface area contributed by atoms with Crippen molar-refractivity contribution in [3.8, 4) is 0 Å². The van der Waals surface area contributed by atoms with Gasteiger partial charge in [-0.3, -0.25) is 9.59 Å². The van der Waals surface area contributed by atoms with Gasteiger partial charge in [-0.2, -0.15) is 0 Å². The van der Waals surface area contributed by atoms with Gasteiger partial charge in [0.25, 0.3) is 0 Å². The molecule has 1 aromatic carbocycles. The molecule has 1 N–H and O–H groups in total. The fourth-order valence-electron chi connectivity index (χ4n) is 2.36. The Balaban J connectivity index is 2.41. The molecule has 1 heterocycles. The second kappa shape index (κ2) is 5.67. The smallest absolute Gasteiger partial charge is 0.248 e.